The molecular formula is C15H18N2O3. The maximum atomic E-state index is 5.39. The van der Waals surface area contributed by atoms with Crippen LogP contribution in [0.4, 0.5) is 0 Å². The Morgan fingerprint density at radius 1 is 1.40 bits per heavy atom. The summed E-state index contributed by atoms with van der Waals surface area (Å²) in [5.41, 5.74) is 1.86. The van der Waals surface area contributed by atoms with Gasteiger partial charge < -0.3 is 19.3 Å². The Bertz CT molecular complexity index is 562. The van der Waals surface area contributed by atoms with E-state index in [0.717, 1.165) is 42.4 Å². The van der Waals surface area contributed by atoms with Crippen molar-refractivity contribution < 1.29 is 14.0 Å². The average Bonchev–Trinajstić information content (AvgIpc) is 3.16. The van der Waals surface area contributed by atoms with E-state index in [1.54, 1.807) is 7.11 Å². The van der Waals surface area contributed by atoms with Gasteiger partial charge in [-0.05, 0) is 18.6 Å². The quantitative estimate of drug-likeness (QED) is 0.906. The molecule has 1 aromatic carbocycles. The summed E-state index contributed by atoms with van der Waals surface area (Å²) in [4.78, 5) is 0. The summed E-state index contributed by atoms with van der Waals surface area (Å²) in [5, 5.41) is 7.50. The number of methoxy groups -OCH3 is 1. The molecule has 2 aromatic rings. The van der Waals surface area contributed by atoms with Crippen LogP contribution in [-0.4, -0.2) is 31.5 Å². The van der Waals surface area contributed by atoms with Gasteiger partial charge in [0.25, 0.3) is 0 Å². The highest BCUT2D eigenvalue weighted by Crippen LogP contribution is 2.24. The van der Waals surface area contributed by atoms with Crippen LogP contribution < -0.4 is 10.1 Å². The molecule has 0 saturated carbocycles. The lowest BCUT2D eigenvalue weighted by molar-refractivity contribution is 0.189. The molecule has 1 N–H and O–H groups in total. The van der Waals surface area contributed by atoms with Gasteiger partial charge in [-0.2, -0.15) is 0 Å². The molecule has 106 valence electrons. The van der Waals surface area contributed by atoms with E-state index in [0.29, 0.717) is 12.6 Å². The predicted octanol–water partition coefficient (Wildman–Crippen LogP) is 2.23. The van der Waals surface area contributed by atoms with Gasteiger partial charge >= 0.3 is 0 Å². The van der Waals surface area contributed by atoms with Crippen LogP contribution in [0.5, 0.6) is 5.75 Å². The predicted molar refractivity (Wildman–Crippen MR) is 74.6 cm³/mol. The number of nitrogens with zero attached hydrogens (tertiary/aromatic N) is 1. The molecule has 1 aliphatic rings. The number of hydrogen-bond donors (Lipinski definition) is 1. The van der Waals surface area contributed by atoms with Gasteiger partial charge in [0, 0.05) is 30.8 Å². The molecule has 0 bridgehead atoms. The highest BCUT2D eigenvalue weighted by Gasteiger charge is 2.15. The van der Waals surface area contributed by atoms with Gasteiger partial charge in [-0.1, -0.05) is 17.3 Å². The molecule has 0 aliphatic carbocycles. The van der Waals surface area contributed by atoms with Crippen molar-refractivity contribution in [1.82, 2.24) is 10.5 Å². The van der Waals surface area contributed by atoms with Gasteiger partial charge in [-0.25, -0.2) is 0 Å². The van der Waals surface area contributed by atoms with Crippen LogP contribution in [0.15, 0.2) is 34.9 Å². The van der Waals surface area contributed by atoms with E-state index < -0.39 is 0 Å². The van der Waals surface area contributed by atoms with Crippen molar-refractivity contribution in [3.05, 3.63) is 36.0 Å². The first kappa shape index (κ1) is 13.1. The zero-order chi connectivity index (χ0) is 13.8. The fraction of sp³-hybridized carbons (Fsp3) is 0.400. The van der Waals surface area contributed by atoms with E-state index in [1.165, 1.54) is 0 Å². The first-order valence-electron chi connectivity index (χ1n) is 6.76. The monoisotopic (exact) mass is 274 g/mol. The average molecular weight is 274 g/mol. The third-order valence-corrected chi connectivity index (χ3v) is 3.41. The van der Waals surface area contributed by atoms with Crippen molar-refractivity contribution in [3.63, 3.8) is 0 Å². The smallest absolute Gasteiger partial charge is 0.167 e. The second-order valence-corrected chi connectivity index (χ2v) is 4.86. The van der Waals surface area contributed by atoms with Crippen molar-refractivity contribution in [3.8, 4) is 17.1 Å². The normalized spacial score (nSPS) is 18.4. The van der Waals surface area contributed by atoms with Gasteiger partial charge in [-0.3, -0.25) is 0 Å². The number of nitrogens with one attached hydrogen (secondary N) is 1. The van der Waals surface area contributed by atoms with E-state index >= 15 is 0 Å². The lowest BCUT2D eigenvalue weighted by Gasteiger charge is -2.07. The van der Waals surface area contributed by atoms with E-state index in [-0.39, 0.29) is 0 Å². The van der Waals surface area contributed by atoms with Crippen molar-refractivity contribution in [1.29, 1.82) is 0 Å². The van der Waals surface area contributed by atoms with Crippen LogP contribution in [0.1, 0.15) is 12.1 Å². The molecule has 2 heterocycles. The van der Waals surface area contributed by atoms with Crippen LogP contribution in [-0.2, 0) is 11.3 Å². The number of rotatable bonds is 5. The van der Waals surface area contributed by atoms with Gasteiger partial charge in [0.1, 0.15) is 5.75 Å². The third kappa shape index (κ3) is 3.00. The molecule has 0 amide bonds. The zero-order valence-electron chi connectivity index (χ0n) is 11.5. The Kier molecular flexibility index (Phi) is 3.99. The second-order valence-electron chi connectivity index (χ2n) is 4.86. The molecule has 0 unspecified atom stereocenters. The Morgan fingerprint density at radius 2 is 2.35 bits per heavy atom. The Morgan fingerprint density at radius 3 is 3.15 bits per heavy atom. The van der Waals surface area contributed by atoms with Crippen LogP contribution in [0, 0.1) is 0 Å². The SMILES string of the molecule is COc1cccc(-c2cc(CN[C@@H]3CCOC3)no2)c1. The van der Waals surface area contributed by atoms with E-state index in [4.69, 9.17) is 14.0 Å². The van der Waals surface area contributed by atoms with Crippen LogP contribution in [0.25, 0.3) is 11.3 Å². The molecule has 3 rings (SSSR count). The summed E-state index contributed by atoms with van der Waals surface area (Å²) in [6.45, 7) is 2.31. The van der Waals surface area contributed by atoms with Gasteiger partial charge in [0.15, 0.2) is 5.76 Å². The van der Waals surface area contributed by atoms with Gasteiger partial charge in [0.05, 0.1) is 19.4 Å². The van der Waals surface area contributed by atoms with Crippen molar-refractivity contribution >= 4 is 0 Å². The van der Waals surface area contributed by atoms with Crippen molar-refractivity contribution in [2.75, 3.05) is 20.3 Å². The molecule has 1 atom stereocenters. The first-order valence-corrected chi connectivity index (χ1v) is 6.76. The maximum Gasteiger partial charge on any atom is 0.167 e. The molecule has 0 spiro atoms. The van der Waals surface area contributed by atoms with Crippen LogP contribution in [0.2, 0.25) is 0 Å². The summed E-state index contributed by atoms with van der Waals surface area (Å²) in [7, 11) is 1.65. The molecular weight excluding hydrogens is 256 g/mol. The number of hydrogen-bond acceptors (Lipinski definition) is 5. The fourth-order valence-electron chi connectivity index (χ4n) is 2.25. The molecule has 1 aliphatic heterocycles. The van der Waals surface area contributed by atoms with E-state index in [1.807, 2.05) is 30.3 Å². The molecule has 20 heavy (non-hydrogen) atoms. The van der Waals surface area contributed by atoms with Crippen LogP contribution >= 0.6 is 0 Å². The second kappa shape index (κ2) is 6.07. The summed E-state index contributed by atoms with van der Waals surface area (Å²) in [6.07, 6.45) is 1.06. The molecule has 5 heteroatoms. The minimum atomic E-state index is 0.423. The van der Waals surface area contributed by atoms with Gasteiger partial charge in [0.2, 0.25) is 0 Å². The Labute approximate surface area is 117 Å². The largest absolute Gasteiger partial charge is 0.497 e. The number of benzene rings is 1. The van der Waals surface area contributed by atoms with E-state index in [9.17, 15) is 0 Å². The summed E-state index contributed by atoms with van der Waals surface area (Å²) in [6, 6.07) is 10.1. The van der Waals surface area contributed by atoms with Crippen LogP contribution in [0.3, 0.4) is 0 Å². The van der Waals surface area contributed by atoms with Crippen molar-refractivity contribution in [2.45, 2.75) is 19.0 Å². The molecule has 1 aromatic heterocycles. The first-order chi connectivity index (χ1) is 9.85. The van der Waals surface area contributed by atoms with Crippen molar-refractivity contribution in [2.24, 2.45) is 0 Å². The maximum absolute atomic E-state index is 5.39. The summed E-state index contributed by atoms with van der Waals surface area (Å²) in [5.74, 6) is 1.56. The minimum absolute atomic E-state index is 0.423. The van der Waals surface area contributed by atoms with Gasteiger partial charge in [-0.15, -0.1) is 0 Å². The molecule has 1 fully saturated rings. The lowest BCUT2D eigenvalue weighted by atomic mass is 10.1. The summed E-state index contributed by atoms with van der Waals surface area (Å²) < 4.78 is 15.9. The highest BCUT2D eigenvalue weighted by atomic mass is 16.5. The fourth-order valence-corrected chi connectivity index (χ4v) is 2.25. The highest BCUT2D eigenvalue weighted by molar-refractivity contribution is 5.59. The lowest BCUT2D eigenvalue weighted by Crippen LogP contribution is -2.28. The molecule has 0 radical (unpaired) electrons. The zero-order valence-corrected chi connectivity index (χ0v) is 11.5. The minimum Gasteiger partial charge on any atom is -0.497 e. The Balaban J connectivity index is 1.66. The molecule has 5 nitrogen and oxygen atoms in total. The molecule has 1 saturated heterocycles. The Hall–Kier alpha value is -1.85. The topological polar surface area (TPSA) is 56.5 Å². The number of ether oxygens (including phenoxy) is 2. The summed E-state index contributed by atoms with van der Waals surface area (Å²) >= 11 is 0. The number of aromatic nitrogens is 1. The van der Waals surface area contributed by atoms with E-state index in [2.05, 4.69) is 10.5 Å². The standard InChI is InChI=1S/C15H18N2O3/c1-18-14-4-2-3-11(7-14)15-8-13(17-20-15)9-16-12-5-6-19-10-12/h2-4,7-8,12,16H,5-6,9-10H2,1H3/t12-/m1/s1. The third-order valence-electron chi connectivity index (χ3n) is 3.41.